The molecule has 0 saturated carbocycles. The predicted octanol–water partition coefficient (Wildman–Crippen LogP) is 4.50. The van der Waals surface area contributed by atoms with Gasteiger partial charge in [0, 0.05) is 21.7 Å². The summed E-state index contributed by atoms with van der Waals surface area (Å²) in [7, 11) is 1.49. The lowest BCUT2D eigenvalue weighted by Gasteiger charge is -2.23. The van der Waals surface area contributed by atoms with Crippen molar-refractivity contribution in [2.24, 2.45) is 0 Å². The smallest absolute Gasteiger partial charge is 0.264 e. The highest BCUT2D eigenvalue weighted by Gasteiger charge is 2.51. The van der Waals surface area contributed by atoms with Crippen LogP contribution in [0.25, 0.3) is 0 Å². The van der Waals surface area contributed by atoms with Gasteiger partial charge in [0.15, 0.2) is 11.4 Å². The van der Waals surface area contributed by atoms with E-state index in [9.17, 15) is 19.1 Å². The second kappa shape index (κ2) is 8.13. The maximum atomic E-state index is 14.4. The van der Waals surface area contributed by atoms with E-state index in [0.717, 1.165) is 0 Å². The summed E-state index contributed by atoms with van der Waals surface area (Å²) in [4.78, 5) is 27.5. The molecule has 1 amide bonds. The summed E-state index contributed by atoms with van der Waals surface area (Å²) in [5, 5.41) is 11.6. The van der Waals surface area contributed by atoms with Crippen molar-refractivity contribution in [1.29, 1.82) is 0 Å². The zero-order chi connectivity index (χ0) is 22.2. The molecular weight excluding hydrogens is 421 g/mol. The first-order valence-corrected chi connectivity index (χ1v) is 9.97. The Bertz CT molecular complexity index is 1160. The van der Waals surface area contributed by atoms with Crippen molar-refractivity contribution in [2.75, 3.05) is 12.0 Å². The van der Waals surface area contributed by atoms with E-state index in [-0.39, 0.29) is 17.1 Å². The van der Waals surface area contributed by atoms with Crippen molar-refractivity contribution >= 4 is 29.0 Å². The van der Waals surface area contributed by atoms with E-state index in [2.05, 4.69) is 0 Å². The number of benzene rings is 3. The van der Waals surface area contributed by atoms with Gasteiger partial charge in [-0.15, -0.1) is 0 Å². The van der Waals surface area contributed by atoms with Crippen molar-refractivity contribution in [3.8, 4) is 5.75 Å². The summed E-state index contributed by atoms with van der Waals surface area (Å²) < 4.78 is 19.5. The summed E-state index contributed by atoms with van der Waals surface area (Å²) in [6, 6.07) is 17.4. The van der Waals surface area contributed by atoms with Crippen molar-refractivity contribution in [2.45, 2.75) is 18.6 Å². The van der Waals surface area contributed by atoms with Gasteiger partial charge in [-0.3, -0.25) is 9.59 Å². The molecule has 0 saturated heterocycles. The van der Waals surface area contributed by atoms with E-state index >= 15 is 0 Å². The van der Waals surface area contributed by atoms with E-state index in [1.807, 2.05) is 0 Å². The Balaban J connectivity index is 1.70. The Morgan fingerprint density at radius 2 is 1.87 bits per heavy atom. The molecule has 1 atom stereocenters. The van der Waals surface area contributed by atoms with Crippen LogP contribution in [-0.2, 0) is 16.9 Å². The number of aliphatic hydroxyl groups is 1. The first-order valence-electron chi connectivity index (χ1n) is 9.59. The van der Waals surface area contributed by atoms with Crippen molar-refractivity contribution in [3.05, 3.63) is 94.3 Å². The number of ketones is 1. The average molecular weight is 440 g/mol. The predicted molar refractivity (Wildman–Crippen MR) is 115 cm³/mol. The van der Waals surface area contributed by atoms with Crippen LogP contribution in [0.4, 0.5) is 10.1 Å². The molecule has 5 nitrogen and oxygen atoms in total. The molecule has 0 spiro atoms. The maximum Gasteiger partial charge on any atom is 0.264 e. The van der Waals surface area contributed by atoms with Crippen LogP contribution in [0.15, 0.2) is 66.7 Å². The zero-order valence-electron chi connectivity index (χ0n) is 16.6. The van der Waals surface area contributed by atoms with Gasteiger partial charge in [0.05, 0.1) is 25.8 Å². The monoisotopic (exact) mass is 439 g/mol. The van der Waals surface area contributed by atoms with Gasteiger partial charge in [0.2, 0.25) is 0 Å². The van der Waals surface area contributed by atoms with Crippen LogP contribution in [-0.4, -0.2) is 23.9 Å². The number of methoxy groups -OCH3 is 1. The van der Waals surface area contributed by atoms with E-state index in [1.54, 1.807) is 48.5 Å². The molecule has 158 valence electrons. The number of carbonyl (C=O) groups excluding carboxylic acids is 2. The lowest BCUT2D eigenvalue weighted by Crippen LogP contribution is -2.41. The molecule has 3 aromatic carbocycles. The number of anilines is 1. The van der Waals surface area contributed by atoms with E-state index in [4.69, 9.17) is 16.3 Å². The standard InChI is InChI=1S/C24H19ClFNO4/c1-31-16-7-4-6-15(12-16)22(28)13-24(30)18-8-2-3-11-21(18)27(23(24)29)14-17-19(25)9-5-10-20(17)26/h2-12,30H,13-14H2,1H3/t24-/m0/s1. The average Bonchev–Trinajstić information content (AvgIpc) is 2.98. The summed E-state index contributed by atoms with van der Waals surface area (Å²) in [6.45, 7) is -0.170. The number of Topliss-reactive ketones (excluding diaryl/α,β-unsaturated/α-hetero) is 1. The van der Waals surface area contributed by atoms with E-state index < -0.39 is 29.5 Å². The molecule has 0 aliphatic carbocycles. The Morgan fingerprint density at radius 1 is 1.13 bits per heavy atom. The fourth-order valence-corrected chi connectivity index (χ4v) is 4.03. The third kappa shape index (κ3) is 3.69. The molecular formula is C24H19ClFNO4. The van der Waals surface area contributed by atoms with Crippen LogP contribution in [0.1, 0.15) is 27.9 Å². The quantitative estimate of drug-likeness (QED) is 0.574. The lowest BCUT2D eigenvalue weighted by molar-refractivity contribution is -0.136. The second-order valence-corrected chi connectivity index (χ2v) is 7.71. The molecule has 7 heteroatoms. The summed E-state index contributed by atoms with van der Waals surface area (Å²) >= 11 is 6.14. The third-order valence-electron chi connectivity index (χ3n) is 5.43. The Labute approximate surface area is 183 Å². The minimum atomic E-state index is -2.07. The number of hydrogen-bond acceptors (Lipinski definition) is 4. The molecule has 0 unspecified atom stereocenters. The number of halogens is 2. The first-order chi connectivity index (χ1) is 14.8. The van der Waals surface area contributed by atoms with Gasteiger partial charge >= 0.3 is 0 Å². The molecule has 1 N–H and O–H groups in total. The molecule has 0 fully saturated rings. The van der Waals surface area contributed by atoms with Crippen LogP contribution in [0.2, 0.25) is 5.02 Å². The fourth-order valence-electron chi connectivity index (χ4n) is 3.81. The van der Waals surface area contributed by atoms with Gasteiger partial charge < -0.3 is 14.7 Å². The number of amides is 1. The van der Waals surface area contributed by atoms with Crippen LogP contribution >= 0.6 is 11.6 Å². The fraction of sp³-hybridized carbons (Fsp3) is 0.167. The zero-order valence-corrected chi connectivity index (χ0v) is 17.4. The van der Waals surface area contributed by atoms with Crippen LogP contribution < -0.4 is 9.64 Å². The Morgan fingerprint density at radius 3 is 2.61 bits per heavy atom. The normalized spacial score (nSPS) is 17.5. The number of nitrogens with zero attached hydrogens (tertiary/aromatic N) is 1. The Hall–Kier alpha value is -3.22. The molecule has 1 heterocycles. The van der Waals surface area contributed by atoms with Crippen LogP contribution in [0.3, 0.4) is 0 Å². The number of ether oxygens (including phenoxy) is 1. The number of para-hydroxylation sites is 1. The summed E-state index contributed by atoms with van der Waals surface area (Å²) in [6.07, 6.45) is -0.461. The Kier molecular flexibility index (Phi) is 5.52. The first kappa shape index (κ1) is 21.0. The number of rotatable bonds is 6. The summed E-state index contributed by atoms with van der Waals surface area (Å²) in [5.41, 5.74) is -0.921. The minimum absolute atomic E-state index is 0.135. The van der Waals surface area contributed by atoms with Gasteiger partial charge in [-0.1, -0.05) is 48.0 Å². The number of fused-ring (bicyclic) bond motifs is 1. The molecule has 0 radical (unpaired) electrons. The largest absolute Gasteiger partial charge is 0.497 e. The van der Waals surface area contributed by atoms with Gasteiger partial charge in [-0.05, 0) is 30.3 Å². The van der Waals surface area contributed by atoms with Gasteiger partial charge in [0.1, 0.15) is 11.6 Å². The van der Waals surface area contributed by atoms with Crippen LogP contribution in [0, 0.1) is 5.82 Å². The molecule has 0 bridgehead atoms. The molecule has 4 rings (SSSR count). The van der Waals surface area contributed by atoms with Gasteiger partial charge in [-0.25, -0.2) is 4.39 Å². The number of hydrogen-bond donors (Lipinski definition) is 1. The highest BCUT2D eigenvalue weighted by molar-refractivity contribution is 6.31. The SMILES string of the molecule is COc1cccc(C(=O)C[C@@]2(O)C(=O)N(Cc3c(F)cccc3Cl)c3ccccc32)c1. The van der Waals surface area contributed by atoms with Crippen LogP contribution in [0.5, 0.6) is 5.75 Å². The van der Waals surface area contributed by atoms with Crippen molar-refractivity contribution in [1.82, 2.24) is 0 Å². The minimum Gasteiger partial charge on any atom is -0.497 e. The molecule has 0 aromatic heterocycles. The molecule has 1 aliphatic heterocycles. The highest BCUT2D eigenvalue weighted by atomic mass is 35.5. The van der Waals surface area contributed by atoms with E-state index in [0.29, 0.717) is 22.6 Å². The molecule has 1 aliphatic rings. The van der Waals surface area contributed by atoms with Crippen molar-refractivity contribution in [3.63, 3.8) is 0 Å². The molecule has 31 heavy (non-hydrogen) atoms. The maximum absolute atomic E-state index is 14.4. The van der Waals surface area contributed by atoms with Gasteiger partial charge in [0.25, 0.3) is 5.91 Å². The second-order valence-electron chi connectivity index (χ2n) is 7.30. The summed E-state index contributed by atoms with van der Waals surface area (Å²) in [5.74, 6) is -1.19. The lowest BCUT2D eigenvalue weighted by atomic mass is 9.88. The van der Waals surface area contributed by atoms with E-state index in [1.165, 1.54) is 30.2 Å². The molecule has 3 aromatic rings. The van der Waals surface area contributed by atoms with Crippen molar-refractivity contribution < 1.29 is 23.8 Å². The topological polar surface area (TPSA) is 66.8 Å². The number of carbonyl (C=O) groups is 2. The third-order valence-corrected chi connectivity index (χ3v) is 5.78. The highest BCUT2D eigenvalue weighted by Crippen LogP contribution is 2.44. The van der Waals surface area contributed by atoms with Gasteiger partial charge in [-0.2, -0.15) is 0 Å².